The summed E-state index contributed by atoms with van der Waals surface area (Å²) in [6.45, 7) is 2.07. The van der Waals surface area contributed by atoms with Gasteiger partial charge in [-0.2, -0.15) is 5.26 Å². The quantitative estimate of drug-likeness (QED) is 0.853. The Hall–Kier alpha value is -1.63. The van der Waals surface area contributed by atoms with Gasteiger partial charge in [-0.3, -0.25) is 0 Å². The molecule has 16 heavy (non-hydrogen) atoms. The normalized spacial score (nSPS) is 22.6. The van der Waals surface area contributed by atoms with Crippen LogP contribution in [0.4, 0.5) is 14.5 Å². The lowest BCUT2D eigenvalue weighted by Gasteiger charge is -2.07. The molecule has 0 aromatic heterocycles. The van der Waals surface area contributed by atoms with Crippen LogP contribution in [0.2, 0.25) is 0 Å². The van der Waals surface area contributed by atoms with Gasteiger partial charge in [-0.05, 0) is 24.5 Å². The molecule has 2 unspecified atom stereocenters. The van der Waals surface area contributed by atoms with Gasteiger partial charge < -0.3 is 5.32 Å². The van der Waals surface area contributed by atoms with Crippen LogP contribution in [-0.4, -0.2) is 6.04 Å². The Bertz CT molecular complexity index is 451. The number of hydrogen-bond acceptors (Lipinski definition) is 2. The van der Waals surface area contributed by atoms with Crippen molar-refractivity contribution < 1.29 is 8.78 Å². The first kappa shape index (κ1) is 10.9. The van der Waals surface area contributed by atoms with Crippen molar-refractivity contribution in [3.8, 4) is 6.07 Å². The third kappa shape index (κ3) is 1.85. The number of rotatable bonds is 3. The van der Waals surface area contributed by atoms with Crippen molar-refractivity contribution in [3.63, 3.8) is 0 Å². The topological polar surface area (TPSA) is 35.8 Å². The first-order chi connectivity index (χ1) is 7.67. The maximum atomic E-state index is 13.5. The zero-order chi connectivity index (χ0) is 11.7. The number of hydrogen-bond donors (Lipinski definition) is 1. The summed E-state index contributed by atoms with van der Waals surface area (Å²) in [6, 6.07) is 4.57. The molecular formula is C12H12F2N2. The van der Waals surface area contributed by atoms with Gasteiger partial charge in [0.05, 0.1) is 11.3 Å². The standard InChI is InChI=1S/C12H12F2N2/c1-2-7-5-10(7)16-9-4-3-8(6-15)11(13)12(9)14/h3-4,7,10,16H,2,5H2,1H3. The SMILES string of the molecule is CCC1CC1Nc1ccc(C#N)c(F)c1F. The fraction of sp³-hybridized carbons (Fsp3) is 0.417. The highest BCUT2D eigenvalue weighted by Crippen LogP contribution is 2.36. The molecule has 84 valence electrons. The molecule has 0 saturated heterocycles. The van der Waals surface area contributed by atoms with Crippen LogP contribution in [0, 0.1) is 28.9 Å². The van der Waals surface area contributed by atoms with E-state index >= 15 is 0 Å². The smallest absolute Gasteiger partial charge is 0.183 e. The Morgan fingerprint density at radius 3 is 2.75 bits per heavy atom. The maximum Gasteiger partial charge on any atom is 0.183 e. The summed E-state index contributed by atoms with van der Waals surface area (Å²) in [7, 11) is 0. The number of nitriles is 1. The van der Waals surface area contributed by atoms with Crippen molar-refractivity contribution >= 4 is 5.69 Å². The van der Waals surface area contributed by atoms with E-state index in [0.29, 0.717) is 5.92 Å². The fourth-order valence-corrected chi connectivity index (χ4v) is 1.82. The van der Waals surface area contributed by atoms with E-state index in [0.717, 1.165) is 12.8 Å². The van der Waals surface area contributed by atoms with Gasteiger partial charge in [-0.25, -0.2) is 8.78 Å². The molecule has 4 heteroatoms. The van der Waals surface area contributed by atoms with Crippen molar-refractivity contribution in [2.75, 3.05) is 5.32 Å². The van der Waals surface area contributed by atoms with E-state index in [9.17, 15) is 8.78 Å². The molecule has 2 nitrogen and oxygen atoms in total. The number of nitrogens with one attached hydrogen (secondary N) is 1. The molecule has 2 atom stereocenters. The van der Waals surface area contributed by atoms with Gasteiger partial charge in [0.1, 0.15) is 6.07 Å². The number of benzene rings is 1. The van der Waals surface area contributed by atoms with Crippen LogP contribution < -0.4 is 5.32 Å². The fourth-order valence-electron chi connectivity index (χ4n) is 1.82. The van der Waals surface area contributed by atoms with E-state index in [-0.39, 0.29) is 17.3 Å². The van der Waals surface area contributed by atoms with Crippen LogP contribution in [0.5, 0.6) is 0 Å². The van der Waals surface area contributed by atoms with Crippen molar-refractivity contribution in [1.29, 1.82) is 5.26 Å². The lowest BCUT2D eigenvalue weighted by atomic mass is 10.2. The molecule has 0 bridgehead atoms. The van der Waals surface area contributed by atoms with Gasteiger partial charge >= 0.3 is 0 Å². The highest BCUT2D eigenvalue weighted by Gasteiger charge is 2.35. The van der Waals surface area contributed by atoms with Crippen molar-refractivity contribution in [3.05, 3.63) is 29.3 Å². The number of anilines is 1. The van der Waals surface area contributed by atoms with Crippen LogP contribution in [-0.2, 0) is 0 Å². The van der Waals surface area contributed by atoms with Crippen LogP contribution in [0.3, 0.4) is 0 Å². The average molecular weight is 222 g/mol. The molecule has 1 N–H and O–H groups in total. The summed E-state index contributed by atoms with van der Waals surface area (Å²) in [5.74, 6) is -1.47. The summed E-state index contributed by atoms with van der Waals surface area (Å²) in [5.41, 5.74) is -0.108. The minimum atomic E-state index is -1.07. The lowest BCUT2D eigenvalue weighted by Crippen LogP contribution is -2.07. The van der Waals surface area contributed by atoms with E-state index in [1.807, 2.05) is 0 Å². The Morgan fingerprint density at radius 1 is 1.44 bits per heavy atom. The third-order valence-corrected chi connectivity index (χ3v) is 2.99. The Balaban J connectivity index is 2.17. The zero-order valence-electron chi connectivity index (χ0n) is 8.93. The first-order valence-electron chi connectivity index (χ1n) is 5.32. The molecule has 0 radical (unpaired) electrons. The lowest BCUT2D eigenvalue weighted by molar-refractivity contribution is 0.508. The molecule has 0 heterocycles. The second kappa shape index (κ2) is 4.09. The van der Waals surface area contributed by atoms with E-state index in [1.54, 1.807) is 6.07 Å². The summed E-state index contributed by atoms with van der Waals surface area (Å²) in [4.78, 5) is 0. The van der Waals surface area contributed by atoms with Crippen molar-refractivity contribution in [2.45, 2.75) is 25.8 Å². The molecule has 1 saturated carbocycles. The minimum absolute atomic E-state index is 0.150. The molecular weight excluding hydrogens is 210 g/mol. The van der Waals surface area contributed by atoms with Crippen molar-refractivity contribution in [1.82, 2.24) is 0 Å². The molecule has 0 amide bonds. The highest BCUT2D eigenvalue weighted by molar-refractivity contribution is 5.51. The van der Waals surface area contributed by atoms with Crippen LogP contribution in [0.25, 0.3) is 0 Å². The predicted molar refractivity (Wildman–Crippen MR) is 56.9 cm³/mol. The summed E-state index contributed by atoms with van der Waals surface area (Å²) < 4.78 is 26.8. The molecule has 0 spiro atoms. The van der Waals surface area contributed by atoms with Gasteiger partial charge in [0.2, 0.25) is 0 Å². The van der Waals surface area contributed by atoms with Gasteiger partial charge in [-0.15, -0.1) is 0 Å². The summed E-state index contributed by atoms with van der Waals surface area (Å²) in [5, 5.41) is 11.5. The van der Waals surface area contributed by atoms with Crippen LogP contribution in [0.1, 0.15) is 25.3 Å². The predicted octanol–water partition coefficient (Wildman–Crippen LogP) is 3.05. The highest BCUT2D eigenvalue weighted by atomic mass is 19.2. The monoisotopic (exact) mass is 222 g/mol. The third-order valence-electron chi connectivity index (χ3n) is 2.99. The van der Waals surface area contributed by atoms with E-state index in [2.05, 4.69) is 12.2 Å². The Labute approximate surface area is 92.9 Å². The zero-order valence-corrected chi connectivity index (χ0v) is 8.93. The second-order valence-corrected chi connectivity index (χ2v) is 4.06. The van der Waals surface area contributed by atoms with E-state index < -0.39 is 11.6 Å². The van der Waals surface area contributed by atoms with Crippen molar-refractivity contribution in [2.24, 2.45) is 5.92 Å². The molecule has 1 aliphatic rings. The van der Waals surface area contributed by atoms with Gasteiger partial charge in [0.15, 0.2) is 11.6 Å². The second-order valence-electron chi connectivity index (χ2n) is 4.06. The molecule has 1 aromatic carbocycles. The number of halogens is 2. The average Bonchev–Trinajstić information content (AvgIpc) is 3.04. The van der Waals surface area contributed by atoms with Gasteiger partial charge in [0, 0.05) is 6.04 Å². The van der Waals surface area contributed by atoms with Crippen LogP contribution >= 0.6 is 0 Å². The molecule has 1 aliphatic carbocycles. The minimum Gasteiger partial charge on any atom is -0.380 e. The Kier molecular flexibility index (Phi) is 2.78. The van der Waals surface area contributed by atoms with Gasteiger partial charge in [-0.1, -0.05) is 13.3 Å². The maximum absolute atomic E-state index is 13.5. The molecule has 1 fully saturated rings. The molecule has 2 rings (SSSR count). The summed E-state index contributed by atoms with van der Waals surface area (Å²) >= 11 is 0. The molecule has 1 aromatic rings. The van der Waals surface area contributed by atoms with E-state index in [4.69, 9.17) is 5.26 Å². The largest absolute Gasteiger partial charge is 0.380 e. The first-order valence-corrected chi connectivity index (χ1v) is 5.32. The van der Waals surface area contributed by atoms with Crippen LogP contribution in [0.15, 0.2) is 12.1 Å². The Morgan fingerprint density at radius 2 is 2.19 bits per heavy atom. The number of nitrogens with zero attached hydrogens (tertiary/aromatic N) is 1. The van der Waals surface area contributed by atoms with E-state index in [1.165, 1.54) is 12.1 Å². The summed E-state index contributed by atoms with van der Waals surface area (Å²) in [6.07, 6.45) is 2.04. The van der Waals surface area contributed by atoms with Gasteiger partial charge in [0.25, 0.3) is 0 Å². The molecule has 0 aliphatic heterocycles.